The lowest BCUT2D eigenvalue weighted by Crippen LogP contribution is -2.46. The van der Waals surface area contributed by atoms with E-state index < -0.39 is 14.9 Å². The first-order valence-corrected chi connectivity index (χ1v) is 9.49. The summed E-state index contributed by atoms with van der Waals surface area (Å²) < 4.78 is 21.6. The van der Waals surface area contributed by atoms with Gasteiger partial charge in [-0.2, -0.15) is 0 Å². The largest absolute Gasteiger partial charge is 0.501 e. The first-order valence-electron chi connectivity index (χ1n) is 7.55. The van der Waals surface area contributed by atoms with Crippen LogP contribution in [0, 0.1) is 0 Å². The third kappa shape index (κ3) is 14.0. The van der Waals surface area contributed by atoms with Crippen molar-refractivity contribution in [3.8, 4) is 0 Å². The zero-order chi connectivity index (χ0) is 16.6. The van der Waals surface area contributed by atoms with Crippen LogP contribution in [0.3, 0.4) is 0 Å². The topological polar surface area (TPSA) is 106 Å². The van der Waals surface area contributed by atoms with Crippen molar-refractivity contribution in [3.05, 3.63) is 0 Å². The molecule has 0 bridgehead atoms. The smallest absolute Gasteiger partial charge is 0.450 e. The monoisotopic (exact) mass is 324 g/mol. The average molecular weight is 324 g/mol. The highest BCUT2D eigenvalue weighted by atomic mass is 28.4. The molecule has 0 saturated carbocycles. The molecule has 7 nitrogen and oxygen atoms in total. The van der Waals surface area contributed by atoms with E-state index in [1.165, 1.54) is 0 Å². The minimum atomic E-state index is -2.60. The van der Waals surface area contributed by atoms with E-state index in [0.29, 0.717) is 32.3 Å². The Bertz CT molecular complexity index is 226. The fourth-order valence-corrected chi connectivity index (χ4v) is 4.04. The molecule has 0 atom stereocenters. The maximum Gasteiger partial charge on any atom is 0.501 e. The average Bonchev–Trinajstić information content (AvgIpc) is 2.45. The Hall–Kier alpha value is -0.673. The highest BCUT2D eigenvalue weighted by Gasteiger charge is 2.39. The van der Waals surface area contributed by atoms with Gasteiger partial charge in [0.15, 0.2) is 0 Å². The molecule has 0 aromatic carbocycles. The molecule has 0 aliphatic rings. The summed E-state index contributed by atoms with van der Waals surface area (Å²) >= 11 is 0. The predicted octanol–water partition coefficient (Wildman–Crippen LogP) is 1.88. The summed E-state index contributed by atoms with van der Waals surface area (Å²) in [6, 6.07) is 0.621. The summed E-state index contributed by atoms with van der Waals surface area (Å²) in [7, 11) is -2.60. The number of hydrogen-bond donors (Lipinski definition) is 2. The number of carbonyl (C=O) groups excluding carboxylic acids is 1. The minimum absolute atomic E-state index is 0.261. The van der Waals surface area contributed by atoms with E-state index in [0.717, 1.165) is 13.0 Å². The van der Waals surface area contributed by atoms with Crippen LogP contribution >= 0.6 is 0 Å². The molecule has 0 heterocycles. The van der Waals surface area contributed by atoms with Gasteiger partial charge in [0.1, 0.15) is 0 Å². The Morgan fingerprint density at radius 3 is 1.71 bits per heavy atom. The molecular weight excluding hydrogens is 292 g/mol. The molecule has 0 saturated heterocycles. The van der Waals surface area contributed by atoms with Crippen LogP contribution < -0.4 is 11.5 Å². The second-order valence-electron chi connectivity index (χ2n) is 4.04. The van der Waals surface area contributed by atoms with E-state index in [4.69, 9.17) is 24.7 Å². The number of carbonyl (C=O) groups is 1. The third-order valence-electron chi connectivity index (χ3n) is 2.25. The molecule has 0 aliphatic heterocycles. The Morgan fingerprint density at radius 2 is 1.43 bits per heavy atom. The summed E-state index contributed by atoms with van der Waals surface area (Å²) in [6.07, 6.45) is 0.955. The summed E-state index contributed by atoms with van der Waals surface area (Å²) in [5, 5.41) is 0. The predicted molar refractivity (Wildman–Crippen MR) is 84.9 cm³/mol. The minimum Gasteiger partial charge on any atom is -0.450 e. The summed E-state index contributed by atoms with van der Waals surface area (Å²) in [5.41, 5.74) is 9.90. The first-order chi connectivity index (χ1) is 10.0. The standard InChI is InChI=1S/C10H23NO5Si.C3H9N/c1-4-14-17(15-5-2,16-6-3)9-7-8-13-10(11)12;1-2-3-4/h4-9H2,1-3H3,(H2,11,12);2-4H2,1H3. The summed E-state index contributed by atoms with van der Waals surface area (Å²) in [6.45, 7) is 10.5. The van der Waals surface area contributed by atoms with E-state index in [9.17, 15) is 4.79 Å². The zero-order valence-electron chi connectivity index (χ0n) is 13.9. The summed E-state index contributed by atoms with van der Waals surface area (Å²) in [5.74, 6) is 0. The van der Waals surface area contributed by atoms with Gasteiger partial charge in [-0.05, 0) is 40.2 Å². The Morgan fingerprint density at radius 1 is 1.00 bits per heavy atom. The van der Waals surface area contributed by atoms with E-state index in [1.54, 1.807) is 0 Å². The van der Waals surface area contributed by atoms with E-state index in [2.05, 4.69) is 11.7 Å². The van der Waals surface area contributed by atoms with Crippen molar-refractivity contribution in [3.63, 3.8) is 0 Å². The Labute approximate surface area is 129 Å². The van der Waals surface area contributed by atoms with Crippen molar-refractivity contribution in [2.24, 2.45) is 11.5 Å². The molecular formula is C13H32N2O5Si. The number of ether oxygens (including phenoxy) is 1. The van der Waals surface area contributed by atoms with Crippen molar-refractivity contribution >= 4 is 14.9 Å². The number of rotatable bonds is 11. The Kier molecular flexibility index (Phi) is 16.9. The molecule has 0 aromatic heterocycles. The number of amides is 1. The zero-order valence-corrected chi connectivity index (χ0v) is 14.9. The van der Waals surface area contributed by atoms with Crippen LogP contribution in [0.25, 0.3) is 0 Å². The lowest BCUT2D eigenvalue weighted by Gasteiger charge is -2.28. The number of primary amides is 1. The van der Waals surface area contributed by atoms with E-state index >= 15 is 0 Å². The lowest BCUT2D eigenvalue weighted by atomic mass is 10.5. The van der Waals surface area contributed by atoms with Gasteiger partial charge in [-0.3, -0.25) is 0 Å². The van der Waals surface area contributed by atoms with Gasteiger partial charge in [-0.25, -0.2) is 4.79 Å². The first kappa shape index (κ1) is 22.6. The maximum atomic E-state index is 10.4. The van der Waals surface area contributed by atoms with E-state index in [1.807, 2.05) is 20.8 Å². The molecule has 8 heteroatoms. The third-order valence-corrected chi connectivity index (χ3v) is 5.40. The molecule has 0 radical (unpaired) electrons. The van der Waals surface area contributed by atoms with Gasteiger partial charge >= 0.3 is 14.9 Å². The molecule has 0 spiro atoms. The molecule has 0 rings (SSSR count). The molecule has 0 aromatic rings. The molecule has 0 aliphatic carbocycles. The number of hydrogen-bond acceptors (Lipinski definition) is 6. The van der Waals surface area contributed by atoms with E-state index in [-0.39, 0.29) is 6.61 Å². The molecule has 21 heavy (non-hydrogen) atoms. The van der Waals surface area contributed by atoms with Gasteiger partial charge in [0.25, 0.3) is 0 Å². The fraction of sp³-hybridized carbons (Fsp3) is 0.923. The van der Waals surface area contributed by atoms with Crippen LogP contribution in [-0.2, 0) is 18.0 Å². The molecule has 1 amide bonds. The second kappa shape index (κ2) is 15.7. The lowest BCUT2D eigenvalue weighted by molar-refractivity contribution is 0.0685. The summed E-state index contributed by atoms with van der Waals surface area (Å²) in [4.78, 5) is 10.4. The maximum absolute atomic E-state index is 10.4. The van der Waals surface area contributed by atoms with Crippen molar-refractivity contribution in [1.82, 2.24) is 0 Å². The van der Waals surface area contributed by atoms with Crippen molar-refractivity contribution in [2.45, 2.75) is 46.6 Å². The van der Waals surface area contributed by atoms with Gasteiger partial charge in [0.2, 0.25) is 0 Å². The quantitative estimate of drug-likeness (QED) is 0.444. The molecule has 4 N–H and O–H groups in total. The van der Waals surface area contributed by atoms with Gasteiger partial charge < -0.3 is 29.5 Å². The molecule has 0 fully saturated rings. The van der Waals surface area contributed by atoms with Gasteiger partial charge in [-0.15, -0.1) is 0 Å². The van der Waals surface area contributed by atoms with Crippen molar-refractivity contribution in [2.75, 3.05) is 33.0 Å². The molecule has 128 valence electrons. The highest BCUT2D eigenvalue weighted by Crippen LogP contribution is 2.18. The van der Waals surface area contributed by atoms with Crippen LogP contribution in [0.5, 0.6) is 0 Å². The fourth-order valence-electron chi connectivity index (χ4n) is 1.46. The highest BCUT2D eigenvalue weighted by molar-refractivity contribution is 6.60. The van der Waals surface area contributed by atoms with Crippen LogP contribution in [0.15, 0.2) is 0 Å². The Balaban J connectivity index is 0. The molecule has 0 unspecified atom stereocenters. The normalized spacial score (nSPS) is 10.7. The van der Waals surface area contributed by atoms with Crippen LogP contribution in [0.1, 0.15) is 40.5 Å². The van der Waals surface area contributed by atoms with Crippen LogP contribution in [0.4, 0.5) is 4.79 Å². The second-order valence-corrected chi connectivity index (χ2v) is 6.77. The van der Waals surface area contributed by atoms with Crippen LogP contribution in [0.2, 0.25) is 6.04 Å². The van der Waals surface area contributed by atoms with Gasteiger partial charge in [0, 0.05) is 25.9 Å². The van der Waals surface area contributed by atoms with Crippen molar-refractivity contribution in [1.29, 1.82) is 0 Å². The SMILES string of the molecule is CCCN.CCO[Si](CCCOC(N)=O)(OCC)OCC. The van der Waals surface area contributed by atoms with Crippen molar-refractivity contribution < 1.29 is 22.8 Å². The van der Waals surface area contributed by atoms with Gasteiger partial charge in [-0.1, -0.05) is 6.92 Å². The van der Waals surface area contributed by atoms with Crippen LogP contribution in [-0.4, -0.2) is 47.9 Å². The number of nitrogens with two attached hydrogens (primary N) is 2. The van der Waals surface area contributed by atoms with Gasteiger partial charge in [0.05, 0.1) is 6.61 Å².